The van der Waals surface area contributed by atoms with Crippen LogP contribution in [0.3, 0.4) is 0 Å². The molecule has 0 aliphatic carbocycles. The van der Waals surface area contributed by atoms with Crippen LogP contribution >= 0.6 is 23.5 Å². The number of thioether (sulfide) groups is 2. The number of benzene rings is 1. The van der Waals surface area contributed by atoms with Gasteiger partial charge in [-0.2, -0.15) is 0 Å². The molecule has 0 saturated carbocycles. The van der Waals surface area contributed by atoms with Crippen molar-refractivity contribution in [1.82, 2.24) is 4.90 Å². The summed E-state index contributed by atoms with van der Waals surface area (Å²) in [5.74, 6) is 1.23. The minimum absolute atomic E-state index is 0.480. The first-order valence-electron chi connectivity index (χ1n) is 5.96. The molecule has 1 fully saturated rings. The van der Waals surface area contributed by atoms with Crippen LogP contribution < -0.4 is 0 Å². The Bertz CT molecular complexity index is 428. The van der Waals surface area contributed by atoms with Crippen molar-refractivity contribution in [3.63, 3.8) is 0 Å². The molecule has 3 rings (SSSR count). The molecule has 0 aromatic heterocycles. The molecule has 2 heterocycles. The average molecular weight is 264 g/mol. The molecule has 0 N–H and O–H groups in total. The first-order chi connectivity index (χ1) is 8.38. The summed E-state index contributed by atoms with van der Waals surface area (Å²) >= 11 is 3.71. The first kappa shape index (κ1) is 11.5. The molecule has 17 heavy (non-hydrogen) atoms. The third-order valence-electron chi connectivity index (χ3n) is 3.30. The van der Waals surface area contributed by atoms with Gasteiger partial charge in [-0.1, -0.05) is 23.9 Å². The third kappa shape index (κ3) is 2.20. The van der Waals surface area contributed by atoms with E-state index < -0.39 is 0 Å². The molecule has 2 nitrogen and oxygen atoms in total. The van der Waals surface area contributed by atoms with E-state index in [4.69, 9.17) is 0 Å². The Balaban J connectivity index is 1.80. The second-order valence-electron chi connectivity index (χ2n) is 4.31. The second-order valence-corrected chi connectivity index (χ2v) is 6.25. The minimum Gasteiger partial charge on any atom is -0.343 e. The smallest absolute Gasteiger partial charge is 0.159 e. The molecule has 0 spiro atoms. The van der Waals surface area contributed by atoms with Gasteiger partial charge in [0.25, 0.3) is 0 Å². The van der Waals surface area contributed by atoms with Crippen LogP contribution in [0.15, 0.2) is 34.2 Å². The lowest BCUT2D eigenvalue weighted by Gasteiger charge is -2.31. The van der Waals surface area contributed by atoms with E-state index in [0.717, 1.165) is 6.54 Å². The maximum atomic E-state index is 4.66. The van der Waals surface area contributed by atoms with Gasteiger partial charge < -0.3 is 4.90 Å². The number of fused-ring (bicyclic) bond motifs is 1. The Kier molecular flexibility index (Phi) is 3.34. The van der Waals surface area contributed by atoms with Crippen LogP contribution in [0.25, 0.3) is 0 Å². The zero-order valence-electron chi connectivity index (χ0n) is 9.93. The van der Waals surface area contributed by atoms with E-state index in [1.165, 1.54) is 34.3 Å². The van der Waals surface area contributed by atoms with Gasteiger partial charge >= 0.3 is 0 Å². The van der Waals surface area contributed by atoms with Gasteiger partial charge in [-0.25, -0.2) is 0 Å². The number of rotatable bonds is 2. The Morgan fingerprint density at radius 2 is 2.18 bits per heavy atom. The molecule has 1 aromatic rings. The fourth-order valence-corrected chi connectivity index (χ4v) is 3.79. The number of hydrogen-bond donors (Lipinski definition) is 0. The molecule has 0 radical (unpaired) electrons. The van der Waals surface area contributed by atoms with Crippen molar-refractivity contribution in [2.75, 3.05) is 25.1 Å². The van der Waals surface area contributed by atoms with Crippen molar-refractivity contribution >= 4 is 28.7 Å². The maximum absolute atomic E-state index is 4.66. The molecular weight excluding hydrogens is 248 g/mol. The van der Waals surface area contributed by atoms with Gasteiger partial charge in [0, 0.05) is 17.2 Å². The monoisotopic (exact) mass is 264 g/mol. The van der Waals surface area contributed by atoms with Crippen LogP contribution in [0.1, 0.15) is 18.0 Å². The predicted octanol–water partition coefficient (Wildman–Crippen LogP) is 3.26. The normalized spacial score (nSPS) is 23.5. The molecule has 1 saturated heterocycles. The van der Waals surface area contributed by atoms with E-state index in [1.54, 1.807) is 11.8 Å². The maximum Gasteiger partial charge on any atom is 0.159 e. The van der Waals surface area contributed by atoms with Crippen molar-refractivity contribution in [3.05, 3.63) is 29.8 Å². The van der Waals surface area contributed by atoms with E-state index >= 15 is 0 Å². The summed E-state index contributed by atoms with van der Waals surface area (Å²) in [7, 11) is 0. The number of aliphatic imine (C=N–C) groups is 1. The van der Waals surface area contributed by atoms with Crippen molar-refractivity contribution < 1.29 is 0 Å². The second kappa shape index (κ2) is 4.94. The summed E-state index contributed by atoms with van der Waals surface area (Å²) in [6.07, 6.45) is 3.40. The zero-order chi connectivity index (χ0) is 11.7. The van der Waals surface area contributed by atoms with Crippen molar-refractivity contribution in [3.8, 4) is 0 Å². The van der Waals surface area contributed by atoms with Crippen molar-refractivity contribution in [2.24, 2.45) is 4.99 Å². The Hall–Kier alpha value is -0.610. The van der Waals surface area contributed by atoms with Crippen LogP contribution in [0.2, 0.25) is 0 Å². The predicted molar refractivity (Wildman–Crippen MR) is 77.0 cm³/mol. The quantitative estimate of drug-likeness (QED) is 0.763. The van der Waals surface area contributed by atoms with Gasteiger partial charge in [0.2, 0.25) is 0 Å². The van der Waals surface area contributed by atoms with Gasteiger partial charge in [-0.05, 0) is 30.4 Å². The molecule has 2 aliphatic rings. The number of nitrogens with zero attached hydrogens (tertiary/aromatic N) is 2. The third-order valence-corrected chi connectivity index (χ3v) is 5.15. The van der Waals surface area contributed by atoms with Crippen LogP contribution in [0.4, 0.5) is 0 Å². The van der Waals surface area contributed by atoms with E-state index in [2.05, 4.69) is 40.4 Å². The SMILES string of the molecule is CSc1ccc(C2CN=C3SCCCN32)cc1. The highest BCUT2D eigenvalue weighted by Crippen LogP contribution is 2.34. The molecule has 2 aliphatic heterocycles. The lowest BCUT2D eigenvalue weighted by atomic mass is 10.1. The summed E-state index contributed by atoms with van der Waals surface area (Å²) in [5, 5.41) is 1.26. The summed E-state index contributed by atoms with van der Waals surface area (Å²) in [5.41, 5.74) is 1.41. The van der Waals surface area contributed by atoms with E-state index in [-0.39, 0.29) is 0 Å². The summed E-state index contributed by atoms with van der Waals surface area (Å²) in [6.45, 7) is 2.10. The van der Waals surface area contributed by atoms with Crippen LogP contribution in [0, 0.1) is 0 Å². The Morgan fingerprint density at radius 1 is 1.35 bits per heavy atom. The topological polar surface area (TPSA) is 15.6 Å². The molecule has 0 bridgehead atoms. The number of hydrogen-bond acceptors (Lipinski definition) is 4. The minimum atomic E-state index is 0.480. The van der Waals surface area contributed by atoms with E-state index in [1.807, 2.05) is 11.8 Å². The number of amidine groups is 1. The summed E-state index contributed by atoms with van der Waals surface area (Å²) in [6, 6.07) is 9.43. The fraction of sp³-hybridized carbons (Fsp3) is 0.462. The van der Waals surface area contributed by atoms with E-state index in [9.17, 15) is 0 Å². The highest BCUT2D eigenvalue weighted by atomic mass is 32.2. The Labute approximate surface area is 111 Å². The average Bonchev–Trinajstić information content (AvgIpc) is 2.83. The highest BCUT2D eigenvalue weighted by molar-refractivity contribution is 8.13. The van der Waals surface area contributed by atoms with E-state index in [0.29, 0.717) is 6.04 Å². The Morgan fingerprint density at radius 3 is 2.94 bits per heavy atom. The van der Waals surface area contributed by atoms with Gasteiger partial charge in [0.05, 0.1) is 12.6 Å². The molecule has 1 aromatic carbocycles. The van der Waals surface area contributed by atoms with Crippen molar-refractivity contribution in [1.29, 1.82) is 0 Å². The van der Waals surface area contributed by atoms with Crippen molar-refractivity contribution in [2.45, 2.75) is 17.4 Å². The van der Waals surface area contributed by atoms with Crippen LogP contribution in [-0.2, 0) is 0 Å². The van der Waals surface area contributed by atoms with Crippen LogP contribution in [0.5, 0.6) is 0 Å². The highest BCUT2D eigenvalue weighted by Gasteiger charge is 2.30. The van der Waals surface area contributed by atoms with Crippen LogP contribution in [-0.4, -0.2) is 35.2 Å². The molecule has 0 amide bonds. The zero-order valence-corrected chi connectivity index (χ0v) is 11.6. The lowest BCUT2D eigenvalue weighted by Crippen LogP contribution is -2.33. The molecule has 90 valence electrons. The lowest BCUT2D eigenvalue weighted by molar-refractivity contribution is 0.352. The standard InChI is InChI=1S/C13H16N2S2/c1-16-11-5-3-10(4-6-11)12-9-14-13-15(12)7-2-8-17-13/h3-6,12H,2,7-9H2,1H3. The summed E-state index contributed by atoms with van der Waals surface area (Å²) < 4.78 is 0. The van der Waals surface area contributed by atoms with Gasteiger partial charge in [-0.3, -0.25) is 4.99 Å². The fourth-order valence-electron chi connectivity index (χ4n) is 2.38. The molecule has 1 atom stereocenters. The largest absolute Gasteiger partial charge is 0.343 e. The van der Waals surface area contributed by atoms with Gasteiger partial charge in [0.1, 0.15) is 0 Å². The summed E-state index contributed by atoms with van der Waals surface area (Å²) in [4.78, 5) is 8.47. The van der Waals surface area contributed by atoms with Gasteiger partial charge in [0.15, 0.2) is 5.17 Å². The van der Waals surface area contributed by atoms with Gasteiger partial charge in [-0.15, -0.1) is 11.8 Å². The molecule has 1 unspecified atom stereocenters. The molecule has 4 heteroatoms. The first-order valence-corrected chi connectivity index (χ1v) is 8.17. The molecular formula is C13H16N2S2.